The first-order valence-electron chi connectivity index (χ1n) is 8.30. The predicted molar refractivity (Wildman–Crippen MR) is 89.5 cm³/mol. The fraction of sp³-hybridized carbons (Fsp3) is 0.529. The molecule has 8 nitrogen and oxygen atoms in total. The van der Waals surface area contributed by atoms with E-state index in [2.05, 4.69) is 5.32 Å². The number of carboxylic acids is 1. The Bertz CT molecular complexity index is 655. The van der Waals surface area contributed by atoms with Crippen LogP contribution < -0.4 is 5.32 Å². The summed E-state index contributed by atoms with van der Waals surface area (Å²) in [4.78, 5) is 34.4. The maximum Gasteiger partial charge on any atom is 0.308 e. The van der Waals surface area contributed by atoms with E-state index in [1.54, 1.807) is 13.0 Å². The van der Waals surface area contributed by atoms with Gasteiger partial charge in [-0.1, -0.05) is 13.0 Å². The van der Waals surface area contributed by atoms with Crippen molar-refractivity contribution in [3.63, 3.8) is 0 Å². The van der Waals surface area contributed by atoms with Crippen LogP contribution in [0.3, 0.4) is 0 Å². The molecule has 1 fully saturated rings. The summed E-state index contributed by atoms with van der Waals surface area (Å²) in [6.45, 7) is 2.83. The fourth-order valence-corrected chi connectivity index (χ4v) is 3.05. The molecule has 1 amide bonds. The van der Waals surface area contributed by atoms with E-state index >= 15 is 0 Å². The van der Waals surface area contributed by atoms with Crippen molar-refractivity contribution in [3.8, 4) is 0 Å². The van der Waals surface area contributed by atoms with Gasteiger partial charge in [0.15, 0.2) is 0 Å². The molecule has 1 aromatic carbocycles. The molecule has 0 radical (unpaired) electrons. The Kier molecular flexibility index (Phi) is 6.46. The van der Waals surface area contributed by atoms with Crippen molar-refractivity contribution < 1.29 is 24.4 Å². The van der Waals surface area contributed by atoms with E-state index in [1.165, 1.54) is 12.1 Å². The normalized spacial score (nSPS) is 16.2. The summed E-state index contributed by atoms with van der Waals surface area (Å²) in [7, 11) is 0. The predicted octanol–water partition coefficient (Wildman–Crippen LogP) is 2.01. The highest BCUT2D eigenvalue weighted by atomic mass is 16.6. The number of benzene rings is 1. The molecule has 0 aromatic heterocycles. The van der Waals surface area contributed by atoms with Gasteiger partial charge in [-0.05, 0) is 31.2 Å². The number of amides is 1. The van der Waals surface area contributed by atoms with Crippen LogP contribution in [0.15, 0.2) is 18.2 Å². The number of ether oxygens (including phenoxy) is 1. The number of nitrogens with one attached hydrogen (secondary N) is 1. The minimum atomic E-state index is -0.959. The minimum absolute atomic E-state index is 0.0117. The molecule has 0 saturated carbocycles. The van der Waals surface area contributed by atoms with Crippen LogP contribution in [-0.2, 0) is 16.0 Å². The molecular formula is C17H22N2O6. The van der Waals surface area contributed by atoms with Crippen molar-refractivity contribution in [1.29, 1.82) is 0 Å². The van der Waals surface area contributed by atoms with E-state index in [9.17, 15) is 24.8 Å². The van der Waals surface area contributed by atoms with Crippen LogP contribution >= 0.6 is 0 Å². The molecule has 1 saturated heterocycles. The molecule has 8 heteroatoms. The van der Waals surface area contributed by atoms with Crippen molar-refractivity contribution in [2.45, 2.75) is 26.2 Å². The van der Waals surface area contributed by atoms with Crippen molar-refractivity contribution in [3.05, 3.63) is 39.4 Å². The summed E-state index contributed by atoms with van der Waals surface area (Å²) >= 11 is 0. The Morgan fingerprint density at radius 1 is 1.40 bits per heavy atom. The minimum Gasteiger partial charge on any atom is -0.481 e. The topological polar surface area (TPSA) is 119 Å². The van der Waals surface area contributed by atoms with Crippen LogP contribution in [0, 0.1) is 22.0 Å². The lowest BCUT2D eigenvalue weighted by atomic mass is 9.86. The number of nitrogens with zero attached hydrogens (tertiary/aromatic N) is 1. The molecule has 0 aliphatic carbocycles. The highest BCUT2D eigenvalue weighted by molar-refractivity contribution is 5.95. The van der Waals surface area contributed by atoms with Gasteiger partial charge >= 0.3 is 5.97 Å². The van der Waals surface area contributed by atoms with Gasteiger partial charge in [0.05, 0.1) is 10.8 Å². The van der Waals surface area contributed by atoms with Gasteiger partial charge in [-0.25, -0.2) is 0 Å². The van der Waals surface area contributed by atoms with E-state index < -0.39 is 22.7 Å². The van der Waals surface area contributed by atoms with Crippen LogP contribution in [0.5, 0.6) is 0 Å². The summed E-state index contributed by atoms with van der Waals surface area (Å²) in [5.41, 5.74) is 0.599. The SMILES string of the molecule is CCc1ccc(C(=O)NCC(C(=O)O)C2CCOCC2)cc1[N+](=O)[O-]. The number of nitro benzene ring substituents is 1. The molecule has 2 rings (SSSR count). The summed E-state index contributed by atoms with van der Waals surface area (Å²) in [6.07, 6.45) is 1.77. The second-order valence-corrected chi connectivity index (χ2v) is 6.06. The average molecular weight is 350 g/mol. The summed E-state index contributed by atoms with van der Waals surface area (Å²) in [6, 6.07) is 4.31. The molecule has 1 aliphatic heterocycles. The van der Waals surface area contributed by atoms with Gasteiger partial charge in [0, 0.05) is 37.0 Å². The summed E-state index contributed by atoms with van der Waals surface area (Å²) in [5.74, 6) is -2.22. The Morgan fingerprint density at radius 3 is 2.64 bits per heavy atom. The molecule has 136 valence electrons. The third-order valence-corrected chi connectivity index (χ3v) is 4.56. The number of rotatable bonds is 7. The van der Waals surface area contributed by atoms with Crippen molar-refractivity contribution in [1.82, 2.24) is 5.32 Å². The van der Waals surface area contributed by atoms with Crippen LogP contribution in [0.2, 0.25) is 0 Å². The first-order valence-corrected chi connectivity index (χ1v) is 8.30. The van der Waals surface area contributed by atoms with E-state index in [-0.39, 0.29) is 23.7 Å². The molecule has 1 atom stereocenters. The maximum absolute atomic E-state index is 12.3. The summed E-state index contributed by atoms with van der Waals surface area (Å²) in [5, 5.41) is 23.1. The standard InChI is InChI=1S/C17H22N2O6/c1-2-11-3-4-13(9-15(11)19(23)24)16(20)18-10-14(17(21)22)12-5-7-25-8-6-12/h3-4,9,12,14H,2,5-8,10H2,1H3,(H,18,20)(H,21,22). The number of nitro groups is 1. The molecular weight excluding hydrogens is 328 g/mol. The molecule has 1 unspecified atom stereocenters. The second kappa shape index (κ2) is 8.57. The van der Waals surface area contributed by atoms with Crippen molar-refractivity contribution in [2.24, 2.45) is 11.8 Å². The van der Waals surface area contributed by atoms with E-state index in [4.69, 9.17) is 4.74 Å². The zero-order chi connectivity index (χ0) is 18.4. The number of carbonyl (C=O) groups is 2. The average Bonchev–Trinajstić information content (AvgIpc) is 2.61. The van der Waals surface area contributed by atoms with Gasteiger partial charge in [0.2, 0.25) is 0 Å². The maximum atomic E-state index is 12.3. The second-order valence-electron chi connectivity index (χ2n) is 6.06. The van der Waals surface area contributed by atoms with Crippen LogP contribution in [0.25, 0.3) is 0 Å². The van der Waals surface area contributed by atoms with E-state index in [0.29, 0.717) is 38.0 Å². The Balaban J connectivity index is 2.06. The quantitative estimate of drug-likeness (QED) is 0.573. The Labute approximate surface area is 145 Å². The van der Waals surface area contributed by atoms with E-state index in [0.717, 1.165) is 0 Å². The third kappa shape index (κ3) is 4.76. The van der Waals surface area contributed by atoms with Gasteiger partial charge in [-0.15, -0.1) is 0 Å². The summed E-state index contributed by atoms with van der Waals surface area (Å²) < 4.78 is 5.24. The van der Waals surface area contributed by atoms with Gasteiger partial charge in [-0.2, -0.15) is 0 Å². The Morgan fingerprint density at radius 2 is 2.08 bits per heavy atom. The molecule has 2 N–H and O–H groups in total. The molecule has 1 heterocycles. The molecule has 0 bridgehead atoms. The van der Waals surface area contributed by atoms with Crippen molar-refractivity contribution >= 4 is 17.6 Å². The van der Waals surface area contributed by atoms with Crippen LogP contribution in [0.4, 0.5) is 5.69 Å². The monoisotopic (exact) mass is 350 g/mol. The molecule has 1 aliphatic rings. The van der Waals surface area contributed by atoms with Crippen molar-refractivity contribution in [2.75, 3.05) is 19.8 Å². The highest BCUT2D eigenvalue weighted by Crippen LogP contribution is 2.24. The van der Waals surface area contributed by atoms with Gasteiger partial charge < -0.3 is 15.2 Å². The lowest BCUT2D eigenvalue weighted by Crippen LogP contribution is -2.39. The van der Waals surface area contributed by atoms with Crippen LogP contribution in [0.1, 0.15) is 35.7 Å². The van der Waals surface area contributed by atoms with Crippen LogP contribution in [-0.4, -0.2) is 41.7 Å². The lowest BCUT2D eigenvalue weighted by molar-refractivity contribution is -0.385. The first kappa shape index (κ1) is 18.9. The molecule has 1 aromatic rings. The number of hydrogen-bond donors (Lipinski definition) is 2. The van der Waals surface area contributed by atoms with Gasteiger partial charge in [0.25, 0.3) is 11.6 Å². The largest absolute Gasteiger partial charge is 0.481 e. The van der Waals surface area contributed by atoms with Gasteiger partial charge in [-0.3, -0.25) is 19.7 Å². The molecule has 0 spiro atoms. The number of aryl methyl sites for hydroxylation is 1. The molecule has 25 heavy (non-hydrogen) atoms. The fourth-order valence-electron chi connectivity index (χ4n) is 3.05. The number of aliphatic carboxylic acids is 1. The number of carbonyl (C=O) groups excluding carboxylic acids is 1. The first-order chi connectivity index (χ1) is 11.9. The zero-order valence-corrected chi connectivity index (χ0v) is 14.1. The lowest BCUT2D eigenvalue weighted by Gasteiger charge is -2.27. The van der Waals surface area contributed by atoms with E-state index in [1.807, 2.05) is 0 Å². The third-order valence-electron chi connectivity index (χ3n) is 4.56. The zero-order valence-electron chi connectivity index (χ0n) is 14.1. The Hall–Kier alpha value is -2.48. The number of carboxylic acid groups (broad SMARTS) is 1. The smallest absolute Gasteiger partial charge is 0.308 e. The van der Waals surface area contributed by atoms with Gasteiger partial charge in [0.1, 0.15) is 0 Å². The highest BCUT2D eigenvalue weighted by Gasteiger charge is 2.30. The number of hydrogen-bond acceptors (Lipinski definition) is 5.